The Hall–Kier alpha value is -1.20. The van der Waals surface area contributed by atoms with Gasteiger partial charge >= 0.3 is 5.97 Å². The van der Waals surface area contributed by atoms with E-state index in [4.69, 9.17) is 4.74 Å². The first-order valence-corrected chi connectivity index (χ1v) is 6.91. The Balaban J connectivity index is 2.41. The summed E-state index contributed by atoms with van der Waals surface area (Å²) in [6.07, 6.45) is -0.136. The number of hydrogen-bond donors (Lipinski definition) is 0. The van der Waals surface area contributed by atoms with E-state index in [1.165, 1.54) is 29.6 Å². The minimum atomic E-state index is -0.320. The van der Waals surface area contributed by atoms with Crippen molar-refractivity contribution in [3.63, 3.8) is 0 Å². The van der Waals surface area contributed by atoms with Gasteiger partial charge in [0.25, 0.3) is 0 Å². The fourth-order valence-electron chi connectivity index (χ4n) is 1.43. The van der Waals surface area contributed by atoms with E-state index >= 15 is 0 Å². The van der Waals surface area contributed by atoms with Crippen LogP contribution in [0.1, 0.15) is 40.8 Å². The fraction of sp³-hybridized carbons (Fsp3) is 0.333. The van der Waals surface area contributed by atoms with Crippen LogP contribution in [0, 0.1) is 0 Å². The zero-order valence-electron chi connectivity index (χ0n) is 9.77. The molecular formula is C12H12O3S2. The van der Waals surface area contributed by atoms with E-state index < -0.39 is 0 Å². The first kappa shape index (κ1) is 12.3. The van der Waals surface area contributed by atoms with Crippen molar-refractivity contribution in [2.75, 3.05) is 0 Å². The van der Waals surface area contributed by atoms with Gasteiger partial charge in [-0.3, -0.25) is 4.79 Å². The number of fused-ring (bicyclic) bond motifs is 1. The zero-order chi connectivity index (χ0) is 12.6. The summed E-state index contributed by atoms with van der Waals surface area (Å²) in [7, 11) is 0. The van der Waals surface area contributed by atoms with Gasteiger partial charge < -0.3 is 4.74 Å². The molecular weight excluding hydrogens is 256 g/mol. The predicted molar refractivity (Wildman–Crippen MR) is 70.3 cm³/mol. The molecule has 0 aromatic carbocycles. The highest BCUT2D eigenvalue weighted by molar-refractivity contribution is 7.38. The monoisotopic (exact) mass is 268 g/mol. The number of rotatable bonds is 3. The lowest BCUT2D eigenvalue weighted by Crippen LogP contribution is -2.10. The topological polar surface area (TPSA) is 43.4 Å². The smallest absolute Gasteiger partial charge is 0.339 e. The maximum absolute atomic E-state index is 11.8. The molecule has 0 radical (unpaired) electrons. The summed E-state index contributed by atoms with van der Waals surface area (Å²) in [6, 6.07) is 1.77. The standard InChI is InChI=1S/C12H12O3S2/c1-6(2)15-11(14)9-5-16-12-8(9)4-10(17-12)7(3)13/h4-6H,1-3H3. The van der Waals surface area contributed by atoms with Crippen molar-refractivity contribution in [1.29, 1.82) is 0 Å². The largest absolute Gasteiger partial charge is 0.459 e. The lowest BCUT2D eigenvalue weighted by Gasteiger charge is -2.06. The number of ether oxygens (including phenoxy) is 1. The van der Waals surface area contributed by atoms with E-state index in [-0.39, 0.29) is 17.9 Å². The normalized spacial score (nSPS) is 11.1. The number of carbonyl (C=O) groups excluding carboxylic acids is 2. The van der Waals surface area contributed by atoms with Crippen LogP contribution < -0.4 is 0 Å². The Morgan fingerprint density at radius 3 is 2.65 bits per heavy atom. The van der Waals surface area contributed by atoms with Crippen LogP contribution in [0.2, 0.25) is 0 Å². The van der Waals surface area contributed by atoms with Crippen molar-refractivity contribution in [2.24, 2.45) is 0 Å². The maximum Gasteiger partial charge on any atom is 0.339 e. The zero-order valence-corrected chi connectivity index (χ0v) is 11.4. The van der Waals surface area contributed by atoms with Gasteiger partial charge in [0.1, 0.15) is 0 Å². The molecule has 2 aromatic heterocycles. The molecule has 0 spiro atoms. The van der Waals surface area contributed by atoms with Crippen LogP contribution in [0.5, 0.6) is 0 Å². The van der Waals surface area contributed by atoms with Crippen LogP contribution in [0.3, 0.4) is 0 Å². The molecule has 90 valence electrons. The molecule has 0 bridgehead atoms. The van der Waals surface area contributed by atoms with Gasteiger partial charge in [-0.1, -0.05) is 0 Å². The molecule has 0 aliphatic carbocycles. The molecule has 2 heterocycles. The van der Waals surface area contributed by atoms with Crippen LogP contribution in [0.15, 0.2) is 11.4 Å². The molecule has 2 aromatic rings. The molecule has 2 rings (SSSR count). The van der Waals surface area contributed by atoms with E-state index in [1.54, 1.807) is 11.4 Å². The molecule has 0 saturated carbocycles. The third kappa shape index (κ3) is 2.40. The molecule has 0 fully saturated rings. The van der Waals surface area contributed by atoms with Crippen molar-refractivity contribution in [1.82, 2.24) is 0 Å². The van der Waals surface area contributed by atoms with E-state index in [0.29, 0.717) is 10.4 Å². The summed E-state index contributed by atoms with van der Waals surface area (Å²) in [5.41, 5.74) is 0.558. The summed E-state index contributed by atoms with van der Waals surface area (Å²) in [4.78, 5) is 23.8. The summed E-state index contributed by atoms with van der Waals surface area (Å²) in [6.45, 7) is 5.16. The van der Waals surface area contributed by atoms with Crippen LogP contribution in [0.25, 0.3) is 9.40 Å². The van der Waals surface area contributed by atoms with Crippen LogP contribution in [-0.2, 0) is 4.74 Å². The number of esters is 1. The lowest BCUT2D eigenvalue weighted by atomic mass is 10.2. The number of ketones is 1. The summed E-state index contributed by atoms with van der Waals surface area (Å²) in [5, 5.41) is 2.62. The minimum Gasteiger partial charge on any atom is -0.459 e. The second kappa shape index (κ2) is 4.58. The quantitative estimate of drug-likeness (QED) is 0.629. The molecule has 0 saturated heterocycles. The Labute approximate surface area is 107 Å². The van der Waals surface area contributed by atoms with E-state index in [9.17, 15) is 9.59 Å². The van der Waals surface area contributed by atoms with Crippen LogP contribution in [0.4, 0.5) is 0 Å². The Kier molecular flexibility index (Phi) is 3.31. The lowest BCUT2D eigenvalue weighted by molar-refractivity contribution is 0.0380. The Morgan fingerprint density at radius 1 is 1.35 bits per heavy atom. The summed E-state index contributed by atoms with van der Waals surface area (Å²) >= 11 is 2.90. The molecule has 0 atom stereocenters. The highest BCUT2D eigenvalue weighted by Crippen LogP contribution is 2.34. The third-order valence-electron chi connectivity index (χ3n) is 2.18. The third-order valence-corrected chi connectivity index (χ3v) is 4.54. The van der Waals surface area contributed by atoms with Crippen molar-refractivity contribution >= 4 is 43.8 Å². The van der Waals surface area contributed by atoms with E-state index in [1.807, 2.05) is 13.8 Å². The molecule has 0 N–H and O–H groups in total. The van der Waals surface area contributed by atoms with Gasteiger partial charge in [0.05, 0.1) is 20.6 Å². The first-order valence-electron chi connectivity index (χ1n) is 5.22. The van der Waals surface area contributed by atoms with Crippen LogP contribution >= 0.6 is 22.7 Å². The first-order chi connectivity index (χ1) is 7.99. The average Bonchev–Trinajstić information content (AvgIpc) is 2.73. The number of hydrogen-bond acceptors (Lipinski definition) is 5. The Morgan fingerprint density at radius 2 is 2.06 bits per heavy atom. The van der Waals surface area contributed by atoms with E-state index in [0.717, 1.165) is 9.40 Å². The van der Waals surface area contributed by atoms with Gasteiger partial charge in [0, 0.05) is 10.8 Å². The van der Waals surface area contributed by atoms with Gasteiger partial charge in [0.2, 0.25) is 0 Å². The molecule has 17 heavy (non-hydrogen) atoms. The molecule has 5 heteroatoms. The van der Waals surface area contributed by atoms with Crippen molar-refractivity contribution in [2.45, 2.75) is 26.9 Å². The van der Waals surface area contributed by atoms with Gasteiger partial charge in [-0.05, 0) is 26.8 Å². The van der Waals surface area contributed by atoms with Crippen molar-refractivity contribution in [3.8, 4) is 0 Å². The van der Waals surface area contributed by atoms with Crippen molar-refractivity contribution < 1.29 is 14.3 Å². The molecule has 0 aliphatic heterocycles. The van der Waals surface area contributed by atoms with Gasteiger partial charge in [-0.15, -0.1) is 22.7 Å². The second-order valence-corrected chi connectivity index (χ2v) is 6.16. The second-order valence-electron chi connectivity index (χ2n) is 3.97. The Bertz CT molecular complexity index is 578. The molecule has 0 amide bonds. The molecule has 3 nitrogen and oxygen atoms in total. The summed E-state index contributed by atoms with van der Waals surface area (Å²) in [5.74, 6) is -0.291. The minimum absolute atomic E-state index is 0.0292. The summed E-state index contributed by atoms with van der Waals surface area (Å²) < 4.78 is 6.15. The van der Waals surface area contributed by atoms with E-state index in [2.05, 4.69) is 0 Å². The number of carbonyl (C=O) groups is 2. The van der Waals surface area contributed by atoms with Gasteiger partial charge in [-0.25, -0.2) is 4.79 Å². The van der Waals surface area contributed by atoms with Gasteiger partial charge in [0.15, 0.2) is 5.78 Å². The average molecular weight is 268 g/mol. The SMILES string of the molecule is CC(=O)c1cc2c(C(=O)OC(C)C)csc2s1. The van der Waals surface area contributed by atoms with Gasteiger partial charge in [-0.2, -0.15) is 0 Å². The number of Topliss-reactive ketones (excluding diaryl/α,β-unsaturated/α-hetero) is 1. The highest BCUT2D eigenvalue weighted by atomic mass is 32.2. The number of thiophene rings is 2. The highest BCUT2D eigenvalue weighted by Gasteiger charge is 2.18. The molecule has 0 unspecified atom stereocenters. The van der Waals surface area contributed by atoms with Crippen molar-refractivity contribution in [3.05, 3.63) is 21.9 Å². The maximum atomic E-state index is 11.8. The fourth-order valence-corrected chi connectivity index (χ4v) is 3.58. The predicted octanol–water partition coefficient (Wildman–Crippen LogP) is 3.73. The molecule has 0 aliphatic rings. The van der Waals surface area contributed by atoms with Crippen LogP contribution in [-0.4, -0.2) is 17.9 Å².